The van der Waals surface area contributed by atoms with Gasteiger partial charge in [-0.1, -0.05) is 30.3 Å². The van der Waals surface area contributed by atoms with E-state index in [4.69, 9.17) is 0 Å². The highest BCUT2D eigenvalue weighted by Crippen LogP contribution is 2.11. The molecule has 1 N–H and O–H groups in total. The van der Waals surface area contributed by atoms with Crippen molar-refractivity contribution in [2.75, 3.05) is 5.75 Å². The number of amides is 1. The molecule has 0 aliphatic heterocycles. The van der Waals surface area contributed by atoms with E-state index in [0.29, 0.717) is 12.3 Å². The fraction of sp³-hybridized carbons (Fsp3) is 0.200. The van der Waals surface area contributed by atoms with Gasteiger partial charge < -0.3 is 5.32 Å². The molecule has 1 amide bonds. The van der Waals surface area contributed by atoms with Crippen LogP contribution in [-0.4, -0.2) is 16.6 Å². The van der Waals surface area contributed by atoms with Gasteiger partial charge in [0.25, 0.3) is 0 Å². The highest BCUT2D eigenvalue weighted by Gasteiger charge is 2.01. The fourth-order valence-corrected chi connectivity index (χ4v) is 2.41. The molecule has 0 saturated heterocycles. The number of thioether (sulfide) groups is 1. The number of nitrogens with one attached hydrogen (secondary N) is 1. The third-order valence-electron chi connectivity index (χ3n) is 2.58. The van der Waals surface area contributed by atoms with Crippen LogP contribution >= 0.6 is 11.8 Å². The maximum Gasteiger partial charge on any atom is 0.230 e. The first-order valence-corrected chi connectivity index (χ1v) is 7.27. The summed E-state index contributed by atoms with van der Waals surface area (Å²) in [6.45, 7) is 0.563. The molecule has 3 nitrogen and oxygen atoms in total. The van der Waals surface area contributed by atoms with Crippen LogP contribution in [0.2, 0.25) is 0 Å². The quantitative estimate of drug-likeness (QED) is 0.879. The van der Waals surface area contributed by atoms with Crippen LogP contribution in [-0.2, 0) is 17.1 Å². The number of carbonyl (C=O) groups is 1. The van der Waals surface area contributed by atoms with Crippen molar-refractivity contribution in [1.82, 2.24) is 10.3 Å². The summed E-state index contributed by atoms with van der Waals surface area (Å²) in [5.41, 5.74) is 2.31. The third kappa shape index (κ3) is 5.14. The average Bonchev–Trinajstić information content (AvgIpc) is 2.47. The van der Waals surface area contributed by atoms with E-state index in [1.165, 1.54) is 5.56 Å². The summed E-state index contributed by atoms with van der Waals surface area (Å²) in [5.74, 6) is 1.42. The molecule has 1 aromatic carbocycles. The van der Waals surface area contributed by atoms with Crippen LogP contribution in [0.5, 0.6) is 0 Å². The first kappa shape index (κ1) is 13.6. The van der Waals surface area contributed by atoms with Gasteiger partial charge in [-0.25, -0.2) is 0 Å². The predicted molar refractivity (Wildman–Crippen MR) is 78.7 cm³/mol. The van der Waals surface area contributed by atoms with Crippen LogP contribution in [0.3, 0.4) is 0 Å². The van der Waals surface area contributed by atoms with Crippen LogP contribution in [0, 0.1) is 0 Å². The van der Waals surface area contributed by atoms with E-state index < -0.39 is 0 Å². The van der Waals surface area contributed by atoms with E-state index in [1.807, 2.05) is 30.3 Å². The van der Waals surface area contributed by atoms with E-state index in [2.05, 4.69) is 22.4 Å². The minimum atomic E-state index is 0.0674. The first-order valence-electron chi connectivity index (χ1n) is 6.12. The molecule has 0 radical (unpaired) electrons. The van der Waals surface area contributed by atoms with Crippen molar-refractivity contribution in [3.63, 3.8) is 0 Å². The molecule has 2 aromatic rings. The molecule has 0 bridgehead atoms. The van der Waals surface area contributed by atoms with E-state index >= 15 is 0 Å². The van der Waals surface area contributed by atoms with Crippen molar-refractivity contribution in [2.24, 2.45) is 0 Å². The van der Waals surface area contributed by atoms with Gasteiger partial charge in [-0.15, -0.1) is 11.8 Å². The van der Waals surface area contributed by atoms with Gasteiger partial charge in [-0.05, 0) is 23.3 Å². The Kier molecular flexibility index (Phi) is 5.44. The van der Waals surface area contributed by atoms with E-state index in [-0.39, 0.29) is 5.91 Å². The van der Waals surface area contributed by atoms with Crippen molar-refractivity contribution >= 4 is 17.7 Å². The summed E-state index contributed by atoms with van der Waals surface area (Å²) in [5, 5.41) is 2.90. The van der Waals surface area contributed by atoms with E-state index in [0.717, 1.165) is 11.3 Å². The Morgan fingerprint density at radius 1 is 1.05 bits per heavy atom. The summed E-state index contributed by atoms with van der Waals surface area (Å²) in [7, 11) is 0. The van der Waals surface area contributed by atoms with Crippen molar-refractivity contribution < 1.29 is 4.79 Å². The van der Waals surface area contributed by atoms with Crippen LogP contribution in [0.4, 0.5) is 0 Å². The number of nitrogens with zero attached hydrogens (tertiary/aromatic N) is 1. The van der Waals surface area contributed by atoms with Crippen molar-refractivity contribution in [1.29, 1.82) is 0 Å². The van der Waals surface area contributed by atoms with Crippen LogP contribution in [0.1, 0.15) is 11.1 Å². The molecule has 19 heavy (non-hydrogen) atoms. The SMILES string of the molecule is O=C(CSCc1ccccc1)NCc1ccncc1. The number of aromatic nitrogens is 1. The minimum Gasteiger partial charge on any atom is -0.351 e. The Labute approximate surface area is 117 Å². The zero-order valence-electron chi connectivity index (χ0n) is 10.6. The first-order chi connectivity index (χ1) is 9.34. The van der Waals surface area contributed by atoms with Crippen molar-refractivity contribution in [2.45, 2.75) is 12.3 Å². The third-order valence-corrected chi connectivity index (χ3v) is 3.59. The lowest BCUT2D eigenvalue weighted by atomic mass is 10.2. The molecule has 4 heteroatoms. The van der Waals surface area contributed by atoms with Gasteiger partial charge in [0.2, 0.25) is 5.91 Å². The highest BCUT2D eigenvalue weighted by atomic mass is 32.2. The largest absolute Gasteiger partial charge is 0.351 e. The topological polar surface area (TPSA) is 42.0 Å². The Balaban J connectivity index is 1.65. The summed E-state index contributed by atoms with van der Waals surface area (Å²) < 4.78 is 0. The van der Waals surface area contributed by atoms with Gasteiger partial charge in [0, 0.05) is 24.7 Å². The lowest BCUT2D eigenvalue weighted by molar-refractivity contribution is -0.118. The molecular formula is C15H16N2OS. The molecule has 0 aliphatic carbocycles. The molecule has 98 valence electrons. The molecular weight excluding hydrogens is 256 g/mol. The summed E-state index contributed by atoms with van der Waals surface area (Å²) >= 11 is 1.63. The number of benzene rings is 1. The lowest BCUT2D eigenvalue weighted by Gasteiger charge is -2.05. The Hall–Kier alpha value is -1.81. The molecule has 0 fully saturated rings. The van der Waals surface area contributed by atoms with Gasteiger partial charge in [-0.3, -0.25) is 9.78 Å². The lowest BCUT2D eigenvalue weighted by Crippen LogP contribution is -2.24. The summed E-state index contributed by atoms with van der Waals surface area (Å²) in [6, 6.07) is 14.0. The second kappa shape index (κ2) is 7.59. The Morgan fingerprint density at radius 3 is 2.53 bits per heavy atom. The molecule has 0 unspecified atom stereocenters. The number of pyridine rings is 1. The molecule has 1 aromatic heterocycles. The number of hydrogen-bond donors (Lipinski definition) is 1. The molecule has 0 spiro atoms. The zero-order chi connectivity index (χ0) is 13.3. The number of carbonyl (C=O) groups excluding carboxylic acids is 1. The predicted octanol–water partition coefficient (Wildman–Crippen LogP) is 2.63. The standard InChI is InChI=1S/C15H16N2OS/c18-15(17-10-13-6-8-16-9-7-13)12-19-11-14-4-2-1-3-5-14/h1-9H,10-12H2,(H,17,18). The van der Waals surface area contributed by atoms with Crippen molar-refractivity contribution in [3.8, 4) is 0 Å². The monoisotopic (exact) mass is 272 g/mol. The van der Waals surface area contributed by atoms with E-state index in [1.54, 1.807) is 24.2 Å². The van der Waals surface area contributed by atoms with Gasteiger partial charge >= 0.3 is 0 Å². The van der Waals surface area contributed by atoms with Gasteiger partial charge in [0.05, 0.1) is 5.75 Å². The average molecular weight is 272 g/mol. The Morgan fingerprint density at radius 2 is 1.79 bits per heavy atom. The second-order valence-electron chi connectivity index (χ2n) is 4.11. The van der Waals surface area contributed by atoms with Crippen LogP contribution < -0.4 is 5.32 Å². The maximum absolute atomic E-state index is 11.7. The minimum absolute atomic E-state index is 0.0674. The van der Waals surface area contributed by atoms with Gasteiger partial charge in [0.15, 0.2) is 0 Å². The fourth-order valence-electron chi connectivity index (χ4n) is 1.59. The number of rotatable bonds is 6. The van der Waals surface area contributed by atoms with Gasteiger partial charge in [0.1, 0.15) is 0 Å². The summed E-state index contributed by atoms with van der Waals surface area (Å²) in [6.07, 6.45) is 3.46. The number of hydrogen-bond acceptors (Lipinski definition) is 3. The molecule has 2 rings (SSSR count). The van der Waals surface area contributed by atoms with Crippen LogP contribution in [0.15, 0.2) is 54.9 Å². The normalized spacial score (nSPS) is 10.1. The van der Waals surface area contributed by atoms with E-state index in [9.17, 15) is 4.79 Å². The molecule has 0 saturated carbocycles. The molecule has 0 aliphatic rings. The highest BCUT2D eigenvalue weighted by molar-refractivity contribution is 7.99. The van der Waals surface area contributed by atoms with Gasteiger partial charge in [-0.2, -0.15) is 0 Å². The summed E-state index contributed by atoms with van der Waals surface area (Å²) in [4.78, 5) is 15.6. The van der Waals surface area contributed by atoms with Crippen LogP contribution in [0.25, 0.3) is 0 Å². The smallest absolute Gasteiger partial charge is 0.230 e. The zero-order valence-corrected chi connectivity index (χ0v) is 11.4. The Bertz CT molecular complexity index is 502. The van der Waals surface area contributed by atoms with Crippen molar-refractivity contribution in [3.05, 3.63) is 66.0 Å². The second-order valence-corrected chi connectivity index (χ2v) is 5.10. The molecule has 1 heterocycles. The molecule has 0 atom stereocenters. The maximum atomic E-state index is 11.7.